The molecule has 1 unspecified atom stereocenters. The van der Waals surface area contributed by atoms with E-state index in [4.69, 9.17) is 16.3 Å². The van der Waals surface area contributed by atoms with E-state index in [2.05, 4.69) is 0 Å². The van der Waals surface area contributed by atoms with Crippen molar-refractivity contribution >= 4 is 29.4 Å². The predicted octanol–water partition coefficient (Wildman–Crippen LogP) is 5.45. The molecular weight excluding hydrogens is 397 g/mol. The van der Waals surface area contributed by atoms with Gasteiger partial charge in [-0.25, -0.2) is 14.0 Å². The Balaban J connectivity index is 2.02. The molecule has 0 heterocycles. The number of hydrogen-bond acceptors (Lipinski definition) is 3. The Hall–Kier alpha value is -3.38. The van der Waals surface area contributed by atoms with Crippen LogP contribution in [0.4, 0.5) is 14.9 Å². The van der Waals surface area contributed by atoms with Crippen LogP contribution < -0.4 is 4.90 Å². The molecule has 0 bridgehead atoms. The number of halogens is 2. The molecule has 7 heteroatoms. The molecule has 0 aliphatic heterocycles. The van der Waals surface area contributed by atoms with E-state index < -0.39 is 23.9 Å². The number of ether oxygens (including phenoxy) is 1. The lowest BCUT2D eigenvalue weighted by Crippen LogP contribution is -2.40. The van der Waals surface area contributed by atoms with E-state index in [0.29, 0.717) is 0 Å². The first-order valence-corrected chi connectivity index (χ1v) is 9.08. The Morgan fingerprint density at radius 2 is 1.59 bits per heavy atom. The van der Waals surface area contributed by atoms with Gasteiger partial charge >= 0.3 is 12.1 Å². The fourth-order valence-electron chi connectivity index (χ4n) is 2.86. The van der Waals surface area contributed by atoms with Crippen LogP contribution in [0.25, 0.3) is 0 Å². The molecule has 0 saturated carbocycles. The van der Waals surface area contributed by atoms with Gasteiger partial charge in [-0.05, 0) is 23.8 Å². The van der Waals surface area contributed by atoms with E-state index in [-0.39, 0.29) is 22.9 Å². The van der Waals surface area contributed by atoms with Crippen LogP contribution >= 0.6 is 11.6 Å². The summed E-state index contributed by atoms with van der Waals surface area (Å²) in [6, 6.07) is 18.8. The first-order valence-electron chi connectivity index (χ1n) is 8.70. The number of rotatable bonds is 6. The van der Waals surface area contributed by atoms with E-state index >= 15 is 0 Å². The standard InChI is InChI=1S/C22H17ClFNO4/c23-17-11-5-7-13-19(17)25(22(28)29-14-15-8-2-1-3-9-15)20(21(26)27)16-10-4-6-12-18(16)24/h1-13,20H,14H2,(H,26,27). The molecular formula is C22H17ClFNO4. The first-order chi connectivity index (χ1) is 14.0. The van der Waals surface area contributed by atoms with Gasteiger partial charge in [-0.15, -0.1) is 0 Å². The van der Waals surface area contributed by atoms with Crippen molar-refractivity contribution in [3.8, 4) is 0 Å². The van der Waals surface area contributed by atoms with Crippen LogP contribution in [0.15, 0.2) is 78.9 Å². The molecule has 0 aliphatic rings. The minimum Gasteiger partial charge on any atom is -0.479 e. The van der Waals surface area contributed by atoms with Gasteiger partial charge in [0.2, 0.25) is 0 Å². The summed E-state index contributed by atoms with van der Waals surface area (Å²) < 4.78 is 19.8. The summed E-state index contributed by atoms with van der Waals surface area (Å²) in [5.41, 5.74) is 0.636. The van der Waals surface area contributed by atoms with Crippen LogP contribution in [0.2, 0.25) is 5.02 Å². The molecule has 148 valence electrons. The molecule has 0 fully saturated rings. The zero-order chi connectivity index (χ0) is 20.8. The minimum atomic E-state index is -1.67. The molecule has 3 rings (SSSR count). The average Bonchev–Trinajstić information content (AvgIpc) is 2.72. The van der Waals surface area contributed by atoms with Gasteiger partial charge in [0, 0.05) is 5.56 Å². The summed E-state index contributed by atoms with van der Waals surface area (Å²) in [5.74, 6) is -2.18. The van der Waals surface area contributed by atoms with Gasteiger partial charge in [0.1, 0.15) is 12.4 Å². The Morgan fingerprint density at radius 1 is 0.966 bits per heavy atom. The highest BCUT2D eigenvalue weighted by Gasteiger charge is 2.36. The number of anilines is 1. The van der Waals surface area contributed by atoms with Gasteiger partial charge in [-0.3, -0.25) is 4.90 Å². The quantitative estimate of drug-likeness (QED) is 0.583. The maximum Gasteiger partial charge on any atom is 0.415 e. The second-order valence-corrected chi connectivity index (χ2v) is 6.53. The van der Waals surface area contributed by atoms with Crippen molar-refractivity contribution in [1.82, 2.24) is 0 Å². The van der Waals surface area contributed by atoms with Crippen molar-refractivity contribution in [2.75, 3.05) is 4.90 Å². The molecule has 1 atom stereocenters. The van der Waals surface area contributed by atoms with Crippen LogP contribution in [-0.2, 0) is 16.1 Å². The van der Waals surface area contributed by atoms with Crippen LogP contribution in [-0.4, -0.2) is 17.2 Å². The number of nitrogens with zero attached hydrogens (tertiary/aromatic N) is 1. The van der Waals surface area contributed by atoms with Gasteiger partial charge in [0.25, 0.3) is 0 Å². The highest BCUT2D eigenvalue weighted by molar-refractivity contribution is 6.33. The Kier molecular flexibility index (Phi) is 6.46. The lowest BCUT2D eigenvalue weighted by Gasteiger charge is -2.29. The van der Waals surface area contributed by atoms with Crippen molar-refractivity contribution in [3.63, 3.8) is 0 Å². The molecule has 5 nitrogen and oxygen atoms in total. The summed E-state index contributed by atoms with van der Waals surface area (Å²) in [7, 11) is 0. The van der Waals surface area contributed by atoms with Crippen molar-refractivity contribution in [2.24, 2.45) is 0 Å². The fraction of sp³-hybridized carbons (Fsp3) is 0.0909. The number of aliphatic carboxylic acids is 1. The number of para-hydroxylation sites is 1. The van der Waals surface area contributed by atoms with Crippen LogP contribution in [0.1, 0.15) is 17.2 Å². The van der Waals surface area contributed by atoms with Crippen LogP contribution in [0.5, 0.6) is 0 Å². The van der Waals surface area contributed by atoms with Crippen LogP contribution in [0, 0.1) is 5.82 Å². The van der Waals surface area contributed by atoms with Gasteiger partial charge in [0.05, 0.1) is 10.7 Å². The van der Waals surface area contributed by atoms with E-state index in [0.717, 1.165) is 16.5 Å². The number of carboxylic acids is 1. The topological polar surface area (TPSA) is 66.8 Å². The Labute approximate surface area is 171 Å². The third-order valence-electron chi connectivity index (χ3n) is 4.21. The Morgan fingerprint density at radius 3 is 2.24 bits per heavy atom. The molecule has 0 aliphatic carbocycles. The first kappa shape index (κ1) is 20.4. The maximum atomic E-state index is 14.4. The van der Waals surface area contributed by atoms with Gasteiger partial charge in [-0.2, -0.15) is 0 Å². The number of carbonyl (C=O) groups is 2. The highest BCUT2D eigenvalue weighted by atomic mass is 35.5. The second-order valence-electron chi connectivity index (χ2n) is 6.12. The van der Waals surface area contributed by atoms with Gasteiger partial charge in [-0.1, -0.05) is 72.3 Å². The smallest absolute Gasteiger partial charge is 0.415 e. The molecule has 0 saturated heterocycles. The second kappa shape index (κ2) is 9.21. The lowest BCUT2D eigenvalue weighted by molar-refractivity contribution is -0.138. The molecule has 0 radical (unpaired) electrons. The molecule has 3 aromatic rings. The highest BCUT2D eigenvalue weighted by Crippen LogP contribution is 2.34. The number of carboxylic acid groups (broad SMARTS) is 1. The number of amides is 1. The van der Waals surface area contributed by atoms with Crippen LogP contribution in [0.3, 0.4) is 0 Å². The molecule has 1 N–H and O–H groups in total. The van der Waals surface area contributed by atoms with Crippen molar-refractivity contribution in [3.05, 3.63) is 101 Å². The zero-order valence-electron chi connectivity index (χ0n) is 15.2. The van der Waals surface area contributed by atoms with Gasteiger partial charge in [0.15, 0.2) is 6.04 Å². The fourth-order valence-corrected chi connectivity index (χ4v) is 3.08. The van der Waals surface area contributed by atoms with E-state index in [1.54, 1.807) is 36.4 Å². The number of carbonyl (C=O) groups excluding carboxylic acids is 1. The summed E-state index contributed by atoms with van der Waals surface area (Å²) in [4.78, 5) is 25.9. The minimum absolute atomic E-state index is 0.0791. The summed E-state index contributed by atoms with van der Waals surface area (Å²) in [6.45, 7) is -0.0791. The number of hydrogen-bond donors (Lipinski definition) is 1. The molecule has 3 aromatic carbocycles. The van der Waals surface area contributed by atoms with Crippen molar-refractivity contribution < 1.29 is 23.8 Å². The largest absolute Gasteiger partial charge is 0.479 e. The average molecular weight is 414 g/mol. The van der Waals surface area contributed by atoms with E-state index in [9.17, 15) is 19.1 Å². The van der Waals surface area contributed by atoms with Crippen molar-refractivity contribution in [1.29, 1.82) is 0 Å². The Bertz CT molecular complexity index is 1010. The predicted molar refractivity (Wildman–Crippen MR) is 107 cm³/mol. The molecule has 29 heavy (non-hydrogen) atoms. The SMILES string of the molecule is O=C(O)C(c1ccccc1F)N(C(=O)OCc1ccccc1)c1ccccc1Cl. The molecule has 1 amide bonds. The third kappa shape index (κ3) is 4.73. The van der Waals surface area contributed by atoms with E-state index in [1.807, 2.05) is 6.07 Å². The lowest BCUT2D eigenvalue weighted by atomic mass is 10.0. The van der Waals surface area contributed by atoms with E-state index in [1.165, 1.54) is 30.3 Å². The third-order valence-corrected chi connectivity index (χ3v) is 4.53. The van der Waals surface area contributed by atoms with Crippen molar-refractivity contribution in [2.45, 2.75) is 12.6 Å². The summed E-state index contributed by atoms with van der Waals surface area (Å²) in [6.07, 6.45) is -0.961. The summed E-state index contributed by atoms with van der Waals surface area (Å²) in [5, 5.41) is 9.98. The zero-order valence-corrected chi connectivity index (χ0v) is 15.9. The monoisotopic (exact) mass is 413 g/mol. The molecule has 0 spiro atoms. The van der Waals surface area contributed by atoms with Gasteiger partial charge < -0.3 is 9.84 Å². The number of benzene rings is 3. The molecule has 0 aromatic heterocycles. The maximum absolute atomic E-state index is 14.4. The normalized spacial score (nSPS) is 11.5. The summed E-state index contributed by atoms with van der Waals surface area (Å²) >= 11 is 6.22.